The van der Waals surface area contributed by atoms with Gasteiger partial charge < -0.3 is 87.1 Å². The highest BCUT2D eigenvalue weighted by molar-refractivity contribution is 7.85. The number of halogens is 4. The van der Waals surface area contributed by atoms with E-state index in [0.717, 1.165) is 0 Å². The van der Waals surface area contributed by atoms with Crippen LogP contribution in [-0.4, -0.2) is 276 Å². The van der Waals surface area contributed by atoms with Gasteiger partial charge in [-0.3, -0.25) is 58.2 Å². The summed E-state index contributed by atoms with van der Waals surface area (Å²) in [5.74, 6) is -14.0. The van der Waals surface area contributed by atoms with E-state index in [9.17, 15) is 54.7 Å². The van der Waals surface area contributed by atoms with E-state index < -0.39 is 80.1 Å². The molecule has 41 heteroatoms. The van der Waals surface area contributed by atoms with Gasteiger partial charge in [0, 0.05) is 70.0 Å². The summed E-state index contributed by atoms with van der Waals surface area (Å²) in [6, 6.07) is 9.57. The Morgan fingerprint density at radius 2 is 0.876 bits per heavy atom. The summed E-state index contributed by atoms with van der Waals surface area (Å²) in [6.07, 6.45) is 1.18. The summed E-state index contributed by atoms with van der Waals surface area (Å²) in [6.45, 7) is 17.6. The number of hydrogen-bond donors (Lipinski definition) is 5. The zero-order valence-electron chi connectivity index (χ0n) is 63.8. The highest BCUT2D eigenvalue weighted by Crippen LogP contribution is 2.36. The third-order valence-electron chi connectivity index (χ3n) is 17.3. The molecular formula is C72H98F4N14O22S. The van der Waals surface area contributed by atoms with Crippen molar-refractivity contribution in [2.75, 3.05) is 189 Å². The van der Waals surface area contributed by atoms with Crippen LogP contribution in [0.5, 0.6) is 17.2 Å². The van der Waals surface area contributed by atoms with Gasteiger partial charge in [0.05, 0.1) is 181 Å². The van der Waals surface area contributed by atoms with Crippen molar-refractivity contribution in [1.29, 1.82) is 0 Å². The minimum atomic E-state index is -5.66. The Balaban J connectivity index is 0.643. The Labute approximate surface area is 648 Å². The number of imidazole rings is 2. The van der Waals surface area contributed by atoms with E-state index in [4.69, 9.17) is 82.8 Å². The Hall–Kier alpha value is -9.37. The van der Waals surface area contributed by atoms with Gasteiger partial charge in [-0.25, -0.2) is 18.7 Å². The largest absolute Gasteiger partial charge is 0.494 e. The van der Waals surface area contributed by atoms with Crippen LogP contribution in [0.1, 0.15) is 99.0 Å². The number of primary amides is 2. The fraction of sp³-hybridized carbons (Fsp3) is 0.556. The number of rotatable bonds is 54. The first-order chi connectivity index (χ1) is 54.4. The monoisotopic (exact) mass is 1620 g/mol. The topological polar surface area (TPSA) is 431 Å². The molecule has 8 rings (SSSR count). The van der Waals surface area contributed by atoms with E-state index in [1.165, 1.54) is 13.2 Å². The number of methoxy groups -OCH3 is 1. The van der Waals surface area contributed by atoms with Crippen molar-refractivity contribution in [1.82, 2.24) is 48.5 Å². The smallest absolute Gasteiger partial charge is 0.313 e. The second-order valence-electron chi connectivity index (χ2n) is 25.3. The quantitative estimate of drug-likeness (QED) is 0.00845. The van der Waals surface area contributed by atoms with Gasteiger partial charge in [-0.2, -0.15) is 27.4 Å². The van der Waals surface area contributed by atoms with Crippen LogP contribution in [0.4, 0.5) is 29.5 Å². The fourth-order valence-electron chi connectivity index (χ4n) is 11.8. The van der Waals surface area contributed by atoms with E-state index >= 15 is 0 Å². The van der Waals surface area contributed by atoms with Crippen molar-refractivity contribution < 1.29 is 121 Å². The summed E-state index contributed by atoms with van der Waals surface area (Å²) in [4.78, 5) is 89.6. The number of carbonyl (C=O) groups is 6. The number of hydrogen-bond acceptors (Lipinski definition) is 26. The maximum absolute atomic E-state index is 14.1. The van der Waals surface area contributed by atoms with Crippen molar-refractivity contribution in [3.05, 3.63) is 93.6 Å². The summed E-state index contributed by atoms with van der Waals surface area (Å²) < 4.78 is 165. The summed E-state index contributed by atoms with van der Waals surface area (Å²) in [5, 5.41) is 14.8. The van der Waals surface area contributed by atoms with Gasteiger partial charge in [-0.05, 0) is 83.4 Å². The molecule has 0 radical (unpaired) electrons. The second-order valence-corrected chi connectivity index (χ2v) is 26.6. The maximum Gasteiger partial charge on any atom is 0.313 e. The van der Waals surface area contributed by atoms with Crippen LogP contribution in [0.3, 0.4) is 0 Å². The molecule has 1 saturated heterocycles. The average Bonchev–Trinajstić information content (AvgIpc) is 1.60. The molecule has 36 nitrogen and oxygen atoms in total. The number of nitrogens with one attached hydrogen (secondary N) is 2. The highest BCUT2D eigenvalue weighted by atomic mass is 32.2. The molecule has 7 aromatic rings. The standard InChI is InChI=1S/C72H98F4N14O22S/c1-6-89-53(41-47(3)83-89)69(95)81-71-79-51-43-49(67(77)93)45-55(100-5)63(51)87(71)14-8-9-15-88-64-52(80-72(88)82-70(96)54-42-48(4)84-90(54)7-2)44-50(68(78)94)46-56(64)111-20-10-13-85-16-18-86(19-17-85)57(91)11-21-101-23-25-103-27-29-105-31-33-107-35-37-109-39-40-110-38-36-108-34-32-106-30-28-104-26-24-102-22-12-58(92)112-65-59(73)61(75)66(113(97,98)99)62(76)60(65)74/h41-46H,6-40H2,1-5H3,(H2,77,93)(H2,78,94)(H,79,81,95)(H,80,82,96)(H,97,98,99). The molecule has 7 N–H and O–H groups in total. The molecule has 0 unspecified atom stereocenters. The lowest BCUT2D eigenvalue weighted by molar-refractivity contribution is -0.136. The summed E-state index contributed by atoms with van der Waals surface area (Å²) in [5.41, 5.74) is 15.6. The highest BCUT2D eigenvalue weighted by Gasteiger charge is 2.35. The van der Waals surface area contributed by atoms with E-state index in [-0.39, 0.29) is 88.1 Å². The minimum absolute atomic E-state index is 0.00153. The van der Waals surface area contributed by atoms with Crippen LogP contribution >= 0.6 is 0 Å². The third kappa shape index (κ3) is 26.6. The van der Waals surface area contributed by atoms with Crippen LogP contribution in [0.25, 0.3) is 22.1 Å². The Bertz CT molecular complexity index is 4410. The molecule has 0 aliphatic carbocycles. The van der Waals surface area contributed by atoms with E-state index in [1.54, 1.807) is 53.5 Å². The Morgan fingerprint density at radius 1 is 0.496 bits per heavy atom. The van der Waals surface area contributed by atoms with Crippen molar-refractivity contribution in [2.24, 2.45) is 11.5 Å². The molecule has 5 heterocycles. The van der Waals surface area contributed by atoms with Crippen molar-refractivity contribution in [3.63, 3.8) is 0 Å². The molecule has 0 atom stereocenters. The lowest BCUT2D eigenvalue weighted by Crippen LogP contribution is -2.49. The molecule has 113 heavy (non-hydrogen) atoms. The van der Waals surface area contributed by atoms with Crippen LogP contribution in [0.15, 0.2) is 41.3 Å². The number of aromatic nitrogens is 8. The van der Waals surface area contributed by atoms with Gasteiger partial charge in [0.2, 0.25) is 47.0 Å². The number of benzene rings is 3. The average molecular weight is 1620 g/mol. The number of amides is 5. The van der Waals surface area contributed by atoms with Crippen LogP contribution in [0, 0.1) is 37.1 Å². The lowest BCUT2D eigenvalue weighted by Gasteiger charge is -2.34. The fourth-order valence-corrected chi connectivity index (χ4v) is 12.4. The number of carbonyl (C=O) groups excluding carboxylic acids is 6. The number of ether oxygens (including phenoxy) is 13. The van der Waals surface area contributed by atoms with Crippen molar-refractivity contribution >= 4 is 79.6 Å². The van der Waals surface area contributed by atoms with Gasteiger partial charge in [0.25, 0.3) is 11.8 Å². The zero-order valence-corrected chi connectivity index (χ0v) is 64.6. The molecule has 1 fully saturated rings. The lowest BCUT2D eigenvalue weighted by atomic mass is 10.1. The second kappa shape index (κ2) is 45.5. The molecule has 1 aliphatic heterocycles. The number of anilines is 2. The van der Waals surface area contributed by atoms with Crippen molar-refractivity contribution in [2.45, 2.75) is 90.9 Å². The van der Waals surface area contributed by atoms with E-state index in [2.05, 4.69) is 30.5 Å². The van der Waals surface area contributed by atoms with Crippen molar-refractivity contribution in [3.8, 4) is 17.2 Å². The van der Waals surface area contributed by atoms with Crippen LogP contribution in [0.2, 0.25) is 0 Å². The van der Waals surface area contributed by atoms with E-state index in [1.807, 2.05) is 27.9 Å². The molecule has 0 saturated carbocycles. The SMILES string of the molecule is CCn1nc(C)cc1C(=O)Nc1nc2cc(C(N)=O)cc(OC)c2n1CCCCn1c(NC(=O)c2cc(C)nn2CC)nc2cc(C(N)=O)cc(OCCCN3CCN(C(=O)CCOCCOCCOCCOCCOCCOCCOCCOCCOCCOCCC(=O)Oc4c(F)c(F)c(S(=O)(=O)O)c(F)c4F)CC3)c21. The molecular weight excluding hydrogens is 1520 g/mol. The van der Waals surface area contributed by atoms with Crippen LogP contribution < -0.4 is 36.3 Å². The van der Waals surface area contributed by atoms with E-state index in [0.29, 0.717) is 220 Å². The first-order valence-electron chi connectivity index (χ1n) is 36.8. The molecule has 0 bridgehead atoms. The zero-order chi connectivity index (χ0) is 81.4. The Kier molecular flexibility index (Phi) is 35.9. The van der Waals surface area contributed by atoms with Gasteiger partial charge in [0.1, 0.15) is 33.9 Å². The molecule has 5 amide bonds. The molecule has 622 valence electrons. The van der Waals surface area contributed by atoms with Gasteiger partial charge in [-0.15, -0.1) is 0 Å². The predicted molar refractivity (Wildman–Crippen MR) is 396 cm³/mol. The number of fused-ring (bicyclic) bond motifs is 2. The van der Waals surface area contributed by atoms with Gasteiger partial charge in [0.15, 0.2) is 16.5 Å². The number of unbranched alkanes of at least 4 members (excludes halogenated alkanes) is 1. The first kappa shape index (κ1) is 89.2. The molecule has 4 aromatic heterocycles. The normalized spacial score (nSPS) is 12.7. The van der Waals surface area contributed by atoms with Gasteiger partial charge in [-0.1, -0.05) is 0 Å². The summed E-state index contributed by atoms with van der Waals surface area (Å²) in [7, 11) is -4.20. The number of aryl methyl sites for hydroxylation is 6. The Morgan fingerprint density at radius 3 is 1.26 bits per heavy atom. The number of esters is 1. The maximum atomic E-state index is 14.1. The van der Waals surface area contributed by atoms with Gasteiger partial charge >= 0.3 is 16.1 Å². The third-order valence-corrected chi connectivity index (χ3v) is 18.1. The number of nitrogens with zero attached hydrogens (tertiary/aromatic N) is 10. The molecule has 3 aromatic carbocycles. The molecule has 1 aliphatic rings. The predicted octanol–water partition coefficient (Wildman–Crippen LogP) is 4.90. The number of piperazine rings is 1. The summed E-state index contributed by atoms with van der Waals surface area (Å²) >= 11 is 0. The number of nitrogens with two attached hydrogens (primary N) is 2. The van der Waals surface area contributed by atoms with Crippen LogP contribution in [-0.2, 0) is 93.3 Å². The first-order valence-corrected chi connectivity index (χ1v) is 38.2. The molecule has 0 spiro atoms. The minimum Gasteiger partial charge on any atom is -0.494 e.